The highest BCUT2D eigenvalue weighted by Crippen LogP contribution is 2.34. The van der Waals surface area contributed by atoms with E-state index in [9.17, 15) is 4.79 Å². The minimum Gasteiger partial charge on any atom is -0.299 e. The number of carbonyl (C=O) groups excluding carboxylic acids is 1. The number of thiazole rings is 1. The fourth-order valence-electron chi connectivity index (χ4n) is 2.90. The number of nitrogens with zero attached hydrogens (tertiary/aromatic N) is 1. The van der Waals surface area contributed by atoms with Gasteiger partial charge < -0.3 is 0 Å². The number of rotatable bonds is 4. The van der Waals surface area contributed by atoms with Crippen LogP contribution in [0, 0.1) is 24.7 Å². The second-order valence-corrected chi connectivity index (χ2v) is 6.78. The summed E-state index contributed by atoms with van der Waals surface area (Å²) >= 11 is 1.72. The van der Waals surface area contributed by atoms with Gasteiger partial charge in [-0.3, -0.25) is 4.79 Å². The molecule has 3 heteroatoms. The van der Waals surface area contributed by atoms with E-state index in [1.54, 1.807) is 11.3 Å². The molecule has 0 N–H and O–H groups in total. The van der Waals surface area contributed by atoms with Crippen LogP contribution in [0.3, 0.4) is 0 Å². The van der Waals surface area contributed by atoms with Crippen LogP contribution in [0.5, 0.6) is 0 Å². The number of carbonyl (C=O) groups is 1. The van der Waals surface area contributed by atoms with Crippen LogP contribution in [0.25, 0.3) is 0 Å². The van der Waals surface area contributed by atoms with E-state index in [2.05, 4.69) is 25.8 Å². The molecule has 0 radical (unpaired) electrons. The highest BCUT2D eigenvalue weighted by atomic mass is 32.1. The second kappa shape index (κ2) is 5.96. The molecule has 2 atom stereocenters. The van der Waals surface area contributed by atoms with Crippen molar-refractivity contribution >= 4 is 17.1 Å². The maximum atomic E-state index is 12.0. The molecular formula is C15H23NOS. The third-order valence-corrected chi connectivity index (χ3v) is 5.31. The standard InChI is InChI=1S/C15H23NOS/c1-10(2)12-4-6-14(17)13(8-12)5-7-15-11(3)16-9-18-15/h9-10,12-13H,4-8H2,1-3H3. The molecule has 100 valence electrons. The Bertz CT molecular complexity index is 410. The first-order valence-corrected chi connectivity index (χ1v) is 7.87. The summed E-state index contributed by atoms with van der Waals surface area (Å²) in [4.78, 5) is 17.6. The maximum absolute atomic E-state index is 12.0. The van der Waals surface area contributed by atoms with Gasteiger partial charge in [-0.15, -0.1) is 11.3 Å². The first kappa shape index (κ1) is 13.7. The fourth-order valence-corrected chi connectivity index (χ4v) is 3.70. The molecule has 2 rings (SSSR count). The van der Waals surface area contributed by atoms with E-state index in [1.165, 1.54) is 4.88 Å². The third kappa shape index (κ3) is 3.19. The Morgan fingerprint density at radius 1 is 1.50 bits per heavy atom. The minimum absolute atomic E-state index is 0.299. The molecule has 18 heavy (non-hydrogen) atoms. The van der Waals surface area contributed by atoms with Crippen molar-refractivity contribution in [3.8, 4) is 0 Å². The Kier molecular flexibility index (Phi) is 4.55. The lowest BCUT2D eigenvalue weighted by molar-refractivity contribution is -0.126. The summed E-state index contributed by atoms with van der Waals surface area (Å²) in [6, 6.07) is 0. The van der Waals surface area contributed by atoms with Crippen LogP contribution in [0.4, 0.5) is 0 Å². The van der Waals surface area contributed by atoms with Crippen molar-refractivity contribution in [2.75, 3.05) is 0 Å². The van der Waals surface area contributed by atoms with Crippen molar-refractivity contribution in [2.24, 2.45) is 17.8 Å². The summed E-state index contributed by atoms with van der Waals surface area (Å²) in [5.41, 5.74) is 3.05. The topological polar surface area (TPSA) is 30.0 Å². The number of aryl methyl sites for hydroxylation is 2. The van der Waals surface area contributed by atoms with Crippen LogP contribution in [0.1, 0.15) is 50.1 Å². The molecule has 1 aliphatic rings. The number of ketones is 1. The average Bonchev–Trinajstić information content (AvgIpc) is 2.73. The molecule has 0 saturated heterocycles. The molecule has 2 nitrogen and oxygen atoms in total. The first-order chi connectivity index (χ1) is 8.58. The normalized spacial score (nSPS) is 24.8. The zero-order chi connectivity index (χ0) is 13.1. The van der Waals surface area contributed by atoms with Gasteiger partial charge in [0.15, 0.2) is 0 Å². The molecule has 1 aromatic heterocycles. The van der Waals surface area contributed by atoms with Crippen molar-refractivity contribution in [2.45, 2.75) is 52.9 Å². The van der Waals surface area contributed by atoms with Crippen molar-refractivity contribution in [3.63, 3.8) is 0 Å². The lowest BCUT2D eigenvalue weighted by atomic mass is 9.74. The lowest BCUT2D eigenvalue weighted by Crippen LogP contribution is -2.27. The number of aromatic nitrogens is 1. The van der Waals surface area contributed by atoms with E-state index < -0.39 is 0 Å². The van der Waals surface area contributed by atoms with Crippen molar-refractivity contribution in [1.29, 1.82) is 0 Å². The molecule has 1 aliphatic carbocycles. The highest BCUT2D eigenvalue weighted by molar-refractivity contribution is 7.09. The van der Waals surface area contributed by atoms with Gasteiger partial charge in [0.05, 0.1) is 11.2 Å². The lowest BCUT2D eigenvalue weighted by Gasteiger charge is -2.30. The quantitative estimate of drug-likeness (QED) is 0.823. The number of hydrogen-bond donors (Lipinski definition) is 0. The van der Waals surface area contributed by atoms with Gasteiger partial charge in [0.1, 0.15) is 5.78 Å². The summed E-state index contributed by atoms with van der Waals surface area (Å²) in [5.74, 6) is 2.25. The van der Waals surface area contributed by atoms with Gasteiger partial charge in [0.25, 0.3) is 0 Å². The van der Waals surface area contributed by atoms with Gasteiger partial charge in [-0.05, 0) is 44.4 Å². The molecule has 0 aromatic carbocycles. The Morgan fingerprint density at radius 2 is 2.28 bits per heavy atom. The predicted octanol–water partition coefficient (Wildman–Crippen LogP) is 4.03. The Labute approximate surface area is 114 Å². The summed E-state index contributed by atoms with van der Waals surface area (Å²) in [5, 5.41) is 0. The van der Waals surface area contributed by atoms with Gasteiger partial charge in [-0.2, -0.15) is 0 Å². The molecule has 0 aliphatic heterocycles. The second-order valence-electron chi connectivity index (χ2n) is 5.84. The zero-order valence-electron chi connectivity index (χ0n) is 11.6. The average molecular weight is 265 g/mol. The molecular weight excluding hydrogens is 242 g/mol. The predicted molar refractivity (Wildman–Crippen MR) is 75.8 cm³/mol. The van der Waals surface area contributed by atoms with Crippen molar-refractivity contribution in [1.82, 2.24) is 4.98 Å². The Hall–Kier alpha value is -0.700. The monoisotopic (exact) mass is 265 g/mol. The molecule has 2 unspecified atom stereocenters. The van der Waals surface area contributed by atoms with E-state index in [4.69, 9.17) is 0 Å². The van der Waals surface area contributed by atoms with E-state index in [-0.39, 0.29) is 0 Å². The molecule has 0 bridgehead atoms. The van der Waals surface area contributed by atoms with E-state index in [1.807, 2.05) is 5.51 Å². The van der Waals surface area contributed by atoms with Gasteiger partial charge in [-0.25, -0.2) is 4.98 Å². The number of Topliss-reactive ketones (excluding diaryl/α,β-unsaturated/α-hetero) is 1. The first-order valence-electron chi connectivity index (χ1n) is 6.99. The smallest absolute Gasteiger partial charge is 0.136 e. The molecule has 1 aromatic rings. The van der Waals surface area contributed by atoms with E-state index >= 15 is 0 Å². The van der Waals surface area contributed by atoms with Crippen LogP contribution in [-0.2, 0) is 11.2 Å². The van der Waals surface area contributed by atoms with Crippen LogP contribution in [0.15, 0.2) is 5.51 Å². The zero-order valence-corrected chi connectivity index (χ0v) is 12.4. The van der Waals surface area contributed by atoms with Crippen LogP contribution in [0.2, 0.25) is 0 Å². The SMILES string of the molecule is Cc1ncsc1CCC1CC(C(C)C)CCC1=O. The number of hydrogen-bond acceptors (Lipinski definition) is 3. The van der Waals surface area contributed by atoms with Crippen LogP contribution >= 0.6 is 11.3 Å². The van der Waals surface area contributed by atoms with Crippen molar-refractivity contribution < 1.29 is 4.79 Å². The molecule has 1 saturated carbocycles. The van der Waals surface area contributed by atoms with Gasteiger partial charge in [-0.1, -0.05) is 13.8 Å². The Balaban J connectivity index is 1.91. The largest absolute Gasteiger partial charge is 0.299 e. The minimum atomic E-state index is 0.299. The van der Waals surface area contributed by atoms with Gasteiger partial charge >= 0.3 is 0 Å². The van der Waals surface area contributed by atoms with Gasteiger partial charge in [0, 0.05) is 17.2 Å². The maximum Gasteiger partial charge on any atom is 0.136 e. The summed E-state index contributed by atoms with van der Waals surface area (Å²) in [6.45, 7) is 6.63. The summed E-state index contributed by atoms with van der Waals surface area (Å²) < 4.78 is 0. The van der Waals surface area contributed by atoms with Crippen LogP contribution in [-0.4, -0.2) is 10.8 Å². The highest BCUT2D eigenvalue weighted by Gasteiger charge is 2.29. The van der Waals surface area contributed by atoms with Gasteiger partial charge in [0.2, 0.25) is 0 Å². The Morgan fingerprint density at radius 3 is 2.89 bits per heavy atom. The van der Waals surface area contributed by atoms with Crippen LogP contribution < -0.4 is 0 Å². The molecule has 0 amide bonds. The molecule has 0 spiro atoms. The third-order valence-electron chi connectivity index (χ3n) is 4.31. The summed E-state index contributed by atoms with van der Waals surface area (Å²) in [6.07, 6.45) is 5.05. The summed E-state index contributed by atoms with van der Waals surface area (Å²) in [7, 11) is 0. The van der Waals surface area contributed by atoms with Crippen molar-refractivity contribution in [3.05, 3.63) is 16.1 Å². The molecule has 1 heterocycles. The molecule has 1 fully saturated rings. The van der Waals surface area contributed by atoms with E-state index in [0.717, 1.165) is 43.7 Å². The van der Waals surface area contributed by atoms with E-state index in [0.29, 0.717) is 17.6 Å². The fraction of sp³-hybridized carbons (Fsp3) is 0.733.